The standard InChI is InChI=1S/C9H9N3S/c1-7-10-11-9(12(7)13)8-5-3-2-4-6-8/h2-6,13H,1H3. The van der Waals surface area contributed by atoms with Gasteiger partial charge in [0.05, 0.1) is 0 Å². The maximum atomic E-state index is 4.27. The van der Waals surface area contributed by atoms with Crippen molar-refractivity contribution >= 4 is 12.8 Å². The van der Waals surface area contributed by atoms with Crippen molar-refractivity contribution in [1.82, 2.24) is 14.2 Å². The fourth-order valence-electron chi connectivity index (χ4n) is 1.12. The number of aromatic nitrogens is 3. The minimum absolute atomic E-state index is 0.779. The van der Waals surface area contributed by atoms with E-state index in [0.717, 1.165) is 17.2 Å². The predicted molar refractivity (Wildman–Crippen MR) is 54.6 cm³/mol. The van der Waals surface area contributed by atoms with E-state index in [1.807, 2.05) is 37.3 Å². The van der Waals surface area contributed by atoms with Crippen LogP contribution in [-0.4, -0.2) is 14.2 Å². The van der Waals surface area contributed by atoms with E-state index in [1.165, 1.54) is 0 Å². The monoisotopic (exact) mass is 191 g/mol. The number of thiol groups is 1. The fourth-order valence-corrected chi connectivity index (χ4v) is 1.32. The molecule has 2 rings (SSSR count). The molecule has 0 spiro atoms. The van der Waals surface area contributed by atoms with Crippen molar-refractivity contribution in [3.8, 4) is 11.4 Å². The molecule has 3 nitrogen and oxygen atoms in total. The van der Waals surface area contributed by atoms with Crippen molar-refractivity contribution in [2.24, 2.45) is 0 Å². The van der Waals surface area contributed by atoms with Crippen molar-refractivity contribution < 1.29 is 0 Å². The summed E-state index contributed by atoms with van der Waals surface area (Å²) in [6.07, 6.45) is 0. The first-order chi connectivity index (χ1) is 6.29. The summed E-state index contributed by atoms with van der Waals surface area (Å²) in [4.78, 5) is 0. The van der Waals surface area contributed by atoms with Gasteiger partial charge in [-0.3, -0.25) is 3.97 Å². The highest BCUT2D eigenvalue weighted by atomic mass is 32.1. The molecule has 0 radical (unpaired) electrons. The Morgan fingerprint density at radius 3 is 2.38 bits per heavy atom. The summed E-state index contributed by atoms with van der Waals surface area (Å²) in [6.45, 7) is 1.87. The van der Waals surface area contributed by atoms with E-state index in [0.29, 0.717) is 0 Å². The number of nitrogens with zero attached hydrogens (tertiary/aromatic N) is 3. The van der Waals surface area contributed by atoms with Gasteiger partial charge in [-0.1, -0.05) is 43.1 Å². The van der Waals surface area contributed by atoms with Gasteiger partial charge < -0.3 is 0 Å². The number of benzene rings is 1. The molecule has 0 N–H and O–H groups in total. The number of hydrogen-bond donors (Lipinski definition) is 1. The molecular weight excluding hydrogens is 182 g/mol. The Morgan fingerprint density at radius 2 is 1.85 bits per heavy atom. The summed E-state index contributed by atoms with van der Waals surface area (Å²) in [6, 6.07) is 9.86. The first-order valence-corrected chi connectivity index (χ1v) is 4.36. The topological polar surface area (TPSA) is 30.7 Å². The molecule has 2 aromatic rings. The third kappa shape index (κ3) is 1.45. The Labute approximate surface area is 82.0 Å². The number of aryl methyl sites for hydroxylation is 1. The molecule has 1 heterocycles. The fraction of sp³-hybridized carbons (Fsp3) is 0.111. The Kier molecular flexibility index (Phi) is 2.06. The highest BCUT2D eigenvalue weighted by Gasteiger charge is 2.06. The van der Waals surface area contributed by atoms with Gasteiger partial charge in [-0.25, -0.2) is 0 Å². The zero-order valence-electron chi connectivity index (χ0n) is 7.18. The van der Waals surface area contributed by atoms with Crippen LogP contribution in [0.3, 0.4) is 0 Å². The lowest BCUT2D eigenvalue weighted by Crippen LogP contribution is -1.88. The lowest BCUT2D eigenvalue weighted by atomic mass is 10.2. The third-order valence-corrected chi connectivity index (χ3v) is 2.31. The normalized spacial score (nSPS) is 10.3. The van der Waals surface area contributed by atoms with Gasteiger partial charge >= 0.3 is 0 Å². The molecule has 1 aromatic heterocycles. The quantitative estimate of drug-likeness (QED) is 0.698. The second-order valence-electron chi connectivity index (χ2n) is 2.75. The molecule has 0 aliphatic carbocycles. The van der Waals surface area contributed by atoms with Gasteiger partial charge in [0.2, 0.25) is 0 Å². The Bertz CT molecular complexity index is 408. The summed E-state index contributed by atoms with van der Waals surface area (Å²) in [5.74, 6) is 1.57. The van der Waals surface area contributed by atoms with Crippen LogP contribution in [0.1, 0.15) is 5.82 Å². The number of rotatable bonds is 1. The lowest BCUT2D eigenvalue weighted by molar-refractivity contribution is 1.03. The van der Waals surface area contributed by atoms with Gasteiger partial charge in [0.25, 0.3) is 0 Å². The van der Waals surface area contributed by atoms with Crippen LogP contribution in [0.5, 0.6) is 0 Å². The number of hydrogen-bond acceptors (Lipinski definition) is 3. The summed E-state index contributed by atoms with van der Waals surface area (Å²) in [5, 5.41) is 7.95. The zero-order valence-corrected chi connectivity index (χ0v) is 8.07. The predicted octanol–water partition coefficient (Wildman–Crippen LogP) is 1.95. The van der Waals surface area contributed by atoms with Crippen molar-refractivity contribution in [2.45, 2.75) is 6.92 Å². The Morgan fingerprint density at radius 1 is 1.15 bits per heavy atom. The van der Waals surface area contributed by atoms with Crippen LogP contribution in [0.25, 0.3) is 11.4 Å². The van der Waals surface area contributed by atoms with Crippen LogP contribution in [0.4, 0.5) is 0 Å². The highest BCUT2D eigenvalue weighted by molar-refractivity contribution is 7.78. The molecule has 0 saturated carbocycles. The SMILES string of the molecule is Cc1nnc(-c2ccccc2)n1S. The van der Waals surface area contributed by atoms with E-state index >= 15 is 0 Å². The second-order valence-corrected chi connectivity index (χ2v) is 3.15. The average molecular weight is 191 g/mol. The first kappa shape index (κ1) is 8.31. The molecular formula is C9H9N3S. The van der Waals surface area contributed by atoms with Gasteiger partial charge in [0.1, 0.15) is 5.82 Å². The summed E-state index contributed by atoms with van der Waals surface area (Å²) < 4.78 is 1.68. The van der Waals surface area contributed by atoms with Crippen LogP contribution in [0.2, 0.25) is 0 Å². The van der Waals surface area contributed by atoms with Gasteiger partial charge in [-0.05, 0) is 6.92 Å². The molecule has 66 valence electrons. The molecule has 0 amide bonds. The van der Waals surface area contributed by atoms with Crippen LogP contribution in [-0.2, 0) is 0 Å². The Hall–Kier alpha value is -1.29. The summed E-state index contributed by atoms with van der Waals surface area (Å²) in [7, 11) is 0. The van der Waals surface area contributed by atoms with E-state index in [-0.39, 0.29) is 0 Å². The molecule has 0 aliphatic heterocycles. The smallest absolute Gasteiger partial charge is 0.173 e. The van der Waals surface area contributed by atoms with E-state index in [1.54, 1.807) is 3.97 Å². The molecule has 13 heavy (non-hydrogen) atoms. The van der Waals surface area contributed by atoms with Crippen LogP contribution >= 0.6 is 12.8 Å². The van der Waals surface area contributed by atoms with Crippen LogP contribution in [0.15, 0.2) is 30.3 Å². The first-order valence-electron chi connectivity index (χ1n) is 3.96. The van der Waals surface area contributed by atoms with E-state index in [4.69, 9.17) is 0 Å². The molecule has 0 saturated heterocycles. The summed E-state index contributed by atoms with van der Waals surface area (Å²) in [5.41, 5.74) is 1.03. The van der Waals surface area contributed by atoms with E-state index < -0.39 is 0 Å². The zero-order chi connectivity index (χ0) is 9.26. The molecule has 0 bridgehead atoms. The minimum Gasteiger partial charge on any atom is -0.254 e. The van der Waals surface area contributed by atoms with Crippen LogP contribution < -0.4 is 0 Å². The van der Waals surface area contributed by atoms with Crippen LogP contribution in [0, 0.1) is 6.92 Å². The highest BCUT2D eigenvalue weighted by Crippen LogP contribution is 2.17. The molecule has 0 aliphatic rings. The van der Waals surface area contributed by atoms with Crippen molar-refractivity contribution in [3.63, 3.8) is 0 Å². The van der Waals surface area contributed by atoms with Gasteiger partial charge in [0, 0.05) is 5.56 Å². The second kappa shape index (κ2) is 3.22. The largest absolute Gasteiger partial charge is 0.254 e. The van der Waals surface area contributed by atoms with E-state index in [2.05, 4.69) is 23.0 Å². The van der Waals surface area contributed by atoms with Gasteiger partial charge in [-0.15, -0.1) is 10.2 Å². The van der Waals surface area contributed by atoms with Gasteiger partial charge in [-0.2, -0.15) is 0 Å². The lowest BCUT2D eigenvalue weighted by Gasteiger charge is -1.98. The van der Waals surface area contributed by atoms with Crippen molar-refractivity contribution in [2.75, 3.05) is 0 Å². The molecule has 0 atom stereocenters. The van der Waals surface area contributed by atoms with E-state index in [9.17, 15) is 0 Å². The average Bonchev–Trinajstić information content (AvgIpc) is 2.49. The van der Waals surface area contributed by atoms with Crippen molar-refractivity contribution in [1.29, 1.82) is 0 Å². The maximum Gasteiger partial charge on any atom is 0.173 e. The van der Waals surface area contributed by atoms with Gasteiger partial charge in [0.15, 0.2) is 5.82 Å². The Balaban J connectivity index is 2.53. The molecule has 0 unspecified atom stereocenters. The maximum absolute atomic E-state index is 4.27. The minimum atomic E-state index is 0.779. The molecule has 4 heteroatoms. The molecule has 0 fully saturated rings. The van der Waals surface area contributed by atoms with Crippen molar-refractivity contribution in [3.05, 3.63) is 36.2 Å². The molecule has 1 aromatic carbocycles. The summed E-state index contributed by atoms with van der Waals surface area (Å²) >= 11 is 4.27. The third-order valence-electron chi connectivity index (χ3n) is 1.83.